The van der Waals surface area contributed by atoms with Crippen LogP contribution in [0.1, 0.15) is 109 Å². The van der Waals surface area contributed by atoms with Gasteiger partial charge in [0.1, 0.15) is 6.54 Å². The Morgan fingerprint density at radius 2 is 1.39 bits per heavy atom. The number of hydrogen-bond donors (Lipinski definition) is 0. The van der Waals surface area contributed by atoms with Crippen molar-refractivity contribution >= 4 is 7.37 Å². The van der Waals surface area contributed by atoms with E-state index in [1.54, 1.807) is 0 Å². The molecule has 6 heteroatoms. The number of quaternary nitrogens is 1. The first-order chi connectivity index (χ1) is 18.3. The minimum atomic E-state index is -2.50. The van der Waals surface area contributed by atoms with Gasteiger partial charge in [-0.2, -0.15) is 0 Å². The third kappa shape index (κ3) is 16.4. The molecule has 1 aliphatic rings. The van der Waals surface area contributed by atoms with E-state index in [0.717, 1.165) is 36.0 Å². The largest absolute Gasteiger partial charge is 0.379 e. The van der Waals surface area contributed by atoms with Crippen LogP contribution in [0, 0.1) is 0 Å². The SMILES string of the molecule is CCCCCCCCCCCCCCCCOCC(CCP1(=O)O[C@@H]1C[N+](C)(C)C)OCc1ccccc1. The Hall–Kier alpha value is -0.710. The van der Waals surface area contributed by atoms with Gasteiger partial charge in [0.25, 0.3) is 0 Å². The average Bonchev–Trinajstić information content (AvgIpc) is 3.52. The quantitative estimate of drug-likeness (QED) is 0.0526. The van der Waals surface area contributed by atoms with Crippen LogP contribution in [0.4, 0.5) is 0 Å². The van der Waals surface area contributed by atoms with Crippen LogP contribution in [-0.2, 0) is 25.2 Å². The molecular formula is C32H59NO4P+. The molecule has 0 aliphatic carbocycles. The van der Waals surface area contributed by atoms with Crippen molar-refractivity contribution in [2.75, 3.05) is 47.1 Å². The lowest BCUT2D eigenvalue weighted by molar-refractivity contribution is -0.870. The molecule has 0 spiro atoms. The summed E-state index contributed by atoms with van der Waals surface area (Å²) in [5.74, 6) is -0.0891. The van der Waals surface area contributed by atoms with Crippen molar-refractivity contribution in [1.29, 1.82) is 0 Å². The second-order valence-corrected chi connectivity index (χ2v) is 15.0. The molecule has 1 aromatic rings. The highest BCUT2D eigenvalue weighted by Crippen LogP contribution is 2.70. The summed E-state index contributed by atoms with van der Waals surface area (Å²) in [6.07, 6.45) is 20.3. The Balaban J connectivity index is 1.53. The molecule has 220 valence electrons. The molecule has 1 saturated heterocycles. The highest BCUT2D eigenvalue weighted by atomic mass is 31.2. The fourth-order valence-corrected chi connectivity index (χ4v) is 7.46. The molecule has 0 saturated carbocycles. The van der Waals surface area contributed by atoms with Gasteiger partial charge in [-0.15, -0.1) is 0 Å². The Morgan fingerprint density at radius 1 is 0.842 bits per heavy atom. The minimum absolute atomic E-state index is 0.0540. The van der Waals surface area contributed by atoms with E-state index in [9.17, 15) is 4.57 Å². The third-order valence-corrected chi connectivity index (χ3v) is 9.87. The van der Waals surface area contributed by atoms with Gasteiger partial charge in [-0.3, -0.25) is 4.57 Å². The number of nitrogens with zero attached hydrogens (tertiary/aromatic N) is 1. The van der Waals surface area contributed by atoms with Gasteiger partial charge in [0.2, 0.25) is 7.37 Å². The number of benzene rings is 1. The summed E-state index contributed by atoms with van der Waals surface area (Å²) in [4.78, 5) is 0. The van der Waals surface area contributed by atoms with E-state index >= 15 is 0 Å². The van der Waals surface area contributed by atoms with Crippen molar-refractivity contribution in [3.05, 3.63) is 35.9 Å². The van der Waals surface area contributed by atoms with Gasteiger partial charge in [-0.1, -0.05) is 121 Å². The van der Waals surface area contributed by atoms with Crippen LogP contribution in [0.2, 0.25) is 0 Å². The lowest BCUT2D eigenvalue weighted by atomic mass is 10.0. The van der Waals surface area contributed by atoms with Crippen LogP contribution < -0.4 is 0 Å². The highest BCUT2D eigenvalue weighted by molar-refractivity contribution is 7.65. The van der Waals surface area contributed by atoms with Crippen molar-refractivity contribution in [2.24, 2.45) is 0 Å². The van der Waals surface area contributed by atoms with Gasteiger partial charge in [-0.05, 0) is 18.4 Å². The first kappa shape index (κ1) is 33.5. The molecular weight excluding hydrogens is 493 g/mol. The van der Waals surface area contributed by atoms with Crippen molar-refractivity contribution in [2.45, 2.75) is 122 Å². The lowest BCUT2D eigenvalue weighted by Gasteiger charge is -2.22. The Morgan fingerprint density at radius 3 is 1.95 bits per heavy atom. The van der Waals surface area contributed by atoms with Crippen LogP contribution in [0.3, 0.4) is 0 Å². The molecule has 0 amide bonds. The smallest absolute Gasteiger partial charge is 0.238 e. The topological polar surface area (TPSA) is 48.1 Å². The Kier molecular flexibility index (Phi) is 17.1. The second-order valence-electron chi connectivity index (χ2n) is 12.4. The number of ether oxygens (including phenoxy) is 2. The molecule has 3 atom stereocenters. The molecule has 0 N–H and O–H groups in total. The fourth-order valence-electron chi connectivity index (χ4n) is 4.94. The van der Waals surface area contributed by atoms with Gasteiger partial charge in [0.15, 0.2) is 5.85 Å². The van der Waals surface area contributed by atoms with Crippen LogP contribution in [0.15, 0.2) is 30.3 Å². The highest BCUT2D eigenvalue weighted by Gasteiger charge is 2.54. The van der Waals surface area contributed by atoms with E-state index in [2.05, 4.69) is 40.2 Å². The lowest BCUT2D eigenvalue weighted by Crippen LogP contribution is -2.37. The first-order valence-electron chi connectivity index (χ1n) is 15.6. The van der Waals surface area contributed by atoms with Crippen LogP contribution >= 0.6 is 7.37 Å². The van der Waals surface area contributed by atoms with E-state index in [1.165, 1.54) is 83.5 Å². The van der Waals surface area contributed by atoms with Gasteiger partial charge >= 0.3 is 0 Å². The minimum Gasteiger partial charge on any atom is -0.379 e. The van der Waals surface area contributed by atoms with E-state index in [-0.39, 0.29) is 11.9 Å². The molecule has 1 heterocycles. The van der Waals surface area contributed by atoms with Crippen molar-refractivity contribution in [1.82, 2.24) is 0 Å². The fraction of sp³-hybridized carbons (Fsp3) is 0.812. The standard InChI is InChI=1S/C32H59NO4P/c1-5-6-7-8-9-10-11-12-13-14-15-16-17-21-25-35-29-31(36-28-30-22-19-18-20-23-30)24-26-38(34)32(37-38)27-33(2,3)4/h18-20,22-23,31-32H,5-17,21,24-29H2,1-4H3/q+1/t31?,32-,38?/m0/s1. The molecule has 38 heavy (non-hydrogen) atoms. The maximum absolute atomic E-state index is 13.0. The number of likely N-dealkylation sites (N-methyl/N-ethyl adjacent to an activating group) is 1. The third-order valence-electron chi connectivity index (χ3n) is 7.43. The summed E-state index contributed by atoms with van der Waals surface area (Å²) < 4.78 is 31.7. The maximum Gasteiger partial charge on any atom is 0.238 e. The molecule has 2 rings (SSSR count). The molecule has 0 bridgehead atoms. The normalized spacial score (nSPS) is 20.1. The average molecular weight is 553 g/mol. The molecule has 1 fully saturated rings. The predicted molar refractivity (Wildman–Crippen MR) is 161 cm³/mol. The Labute approximate surface area is 235 Å². The van der Waals surface area contributed by atoms with E-state index < -0.39 is 7.37 Å². The monoisotopic (exact) mass is 552 g/mol. The zero-order valence-corrected chi connectivity index (χ0v) is 26.1. The maximum atomic E-state index is 13.0. The second kappa shape index (κ2) is 19.4. The van der Waals surface area contributed by atoms with Gasteiger partial charge in [0, 0.05) is 12.8 Å². The summed E-state index contributed by atoms with van der Waals surface area (Å²) in [5, 5.41) is 0. The molecule has 5 nitrogen and oxygen atoms in total. The van der Waals surface area contributed by atoms with Crippen LogP contribution in [-0.4, -0.2) is 63.5 Å². The first-order valence-corrected chi connectivity index (χ1v) is 17.5. The molecule has 2 unspecified atom stereocenters. The van der Waals surface area contributed by atoms with Crippen molar-refractivity contribution in [3.8, 4) is 0 Å². The number of rotatable bonds is 25. The van der Waals surface area contributed by atoms with E-state index in [1.807, 2.05) is 18.2 Å². The van der Waals surface area contributed by atoms with E-state index in [0.29, 0.717) is 19.4 Å². The van der Waals surface area contributed by atoms with Crippen LogP contribution in [0.25, 0.3) is 0 Å². The summed E-state index contributed by atoms with van der Waals surface area (Å²) in [6, 6.07) is 10.2. The molecule has 0 radical (unpaired) electrons. The predicted octanol–water partition coefficient (Wildman–Crippen LogP) is 8.80. The van der Waals surface area contributed by atoms with E-state index in [4.69, 9.17) is 14.0 Å². The van der Waals surface area contributed by atoms with Crippen molar-refractivity contribution < 1.29 is 23.0 Å². The van der Waals surface area contributed by atoms with Crippen LogP contribution in [0.5, 0.6) is 0 Å². The number of unbranched alkanes of at least 4 members (excludes halogenated alkanes) is 13. The zero-order valence-electron chi connectivity index (χ0n) is 25.2. The molecule has 1 aliphatic heterocycles. The zero-order chi connectivity index (χ0) is 27.5. The summed E-state index contributed by atoms with van der Waals surface area (Å²) in [7, 11) is 3.84. The molecule has 1 aromatic carbocycles. The summed E-state index contributed by atoms with van der Waals surface area (Å²) in [5.41, 5.74) is 1.15. The van der Waals surface area contributed by atoms with Gasteiger partial charge in [0.05, 0.1) is 40.5 Å². The number of hydrogen-bond acceptors (Lipinski definition) is 4. The van der Waals surface area contributed by atoms with Gasteiger partial charge in [-0.25, -0.2) is 0 Å². The summed E-state index contributed by atoms with van der Waals surface area (Å²) in [6.45, 7) is 4.97. The van der Waals surface area contributed by atoms with Crippen molar-refractivity contribution in [3.63, 3.8) is 0 Å². The van der Waals surface area contributed by atoms with Gasteiger partial charge < -0.3 is 18.5 Å². The molecule has 0 aromatic heterocycles. The Bertz CT molecular complexity index is 752. The summed E-state index contributed by atoms with van der Waals surface area (Å²) >= 11 is 0.